The first-order chi connectivity index (χ1) is 28.1. The molecule has 0 N–H and O–H groups in total. The van der Waals surface area contributed by atoms with Crippen molar-refractivity contribution >= 4 is 46.1 Å². The Morgan fingerprint density at radius 2 is 1.71 bits per heavy atom. The van der Waals surface area contributed by atoms with Crippen LogP contribution < -0.4 is 14.2 Å². The fraction of sp³-hybridized carbons (Fsp3) is 0.455. The highest BCUT2D eigenvalue weighted by molar-refractivity contribution is 8.40. The summed E-state index contributed by atoms with van der Waals surface area (Å²) in [5, 5.41) is 0. The molecular formula is C44H59O11PSSi. The minimum Gasteiger partial charge on any atom is -0.497 e. The summed E-state index contributed by atoms with van der Waals surface area (Å²) in [6.07, 6.45) is 5.50. The van der Waals surface area contributed by atoms with Gasteiger partial charge in [-0.05, 0) is 89.2 Å². The summed E-state index contributed by atoms with van der Waals surface area (Å²) >= 11 is 1.10. The van der Waals surface area contributed by atoms with E-state index in [2.05, 4.69) is 19.6 Å². The maximum Gasteiger partial charge on any atom is 0.342 e. The number of rotatable bonds is 23. The van der Waals surface area contributed by atoms with Crippen molar-refractivity contribution < 1.29 is 51.7 Å². The first kappa shape index (κ1) is 45.4. The second-order valence-corrected chi connectivity index (χ2v) is 22.1. The molecule has 1 aliphatic rings. The second kappa shape index (κ2) is 22.6. The van der Waals surface area contributed by atoms with Crippen molar-refractivity contribution in [1.29, 1.82) is 1.28 Å². The molecule has 0 aromatic heterocycles. The topological polar surface area (TPSA) is 117 Å². The number of methoxy groups -OCH3 is 2. The molecule has 0 bridgehead atoms. The van der Waals surface area contributed by atoms with Gasteiger partial charge < -0.3 is 42.1 Å². The molecule has 58 heavy (non-hydrogen) atoms. The molecule has 0 radical (unpaired) electrons. The summed E-state index contributed by atoms with van der Waals surface area (Å²) in [4.78, 5) is 27.3. The number of esters is 2. The minimum absolute atomic E-state index is 0.0666. The van der Waals surface area contributed by atoms with Crippen molar-refractivity contribution in [2.75, 3.05) is 27.6 Å². The van der Waals surface area contributed by atoms with E-state index in [0.29, 0.717) is 23.3 Å². The van der Waals surface area contributed by atoms with E-state index < -0.39 is 44.1 Å². The summed E-state index contributed by atoms with van der Waals surface area (Å²) in [5.41, 5.74) is 2.07. The molecule has 6 atom stereocenters. The van der Waals surface area contributed by atoms with Crippen LogP contribution in [0.4, 0.5) is 0 Å². The smallest absolute Gasteiger partial charge is 0.342 e. The number of benzene rings is 3. The Morgan fingerprint density at radius 3 is 2.38 bits per heavy atom. The SMILES string of the molecule is [3H]PSO[C@@H](C)[C@H](C)/C=C\C(OC(=O)c1ccccc1)[C@H]1OC(C)(C)O[C@H]1C/C=C/c1cc(OCc2ccc(OC)cc2)cc(OCOC)c1C(=O)OCC[Si](C)(C)C. The van der Waals surface area contributed by atoms with E-state index in [1.54, 1.807) is 43.5 Å². The van der Waals surface area contributed by atoms with Crippen LogP contribution in [0.25, 0.3) is 6.08 Å². The number of hydrogen-bond donors (Lipinski definition) is 0. The van der Waals surface area contributed by atoms with Crippen LogP contribution in [0.2, 0.25) is 25.7 Å². The molecule has 1 fully saturated rings. The number of ether oxygens (including phenoxy) is 8. The van der Waals surface area contributed by atoms with Gasteiger partial charge in [-0.3, -0.25) is 0 Å². The molecule has 11 nitrogen and oxygen atoms in total. The molecule has 0 spiro atoms. The van der Waals surface area contributed by atoms with Gasteiger partial charge in [0.25, 0.3) is 0 Å². The maximum absolute atomic E-state index is 13.9. The van der Waals surface area contributed by atoms with Crippen LogP contribution in [-0.2, 0) is 34.5 Å². The highest BCUT2D eigenvalue weighted by Crippen LogP contribution is 2.36. The van der Waals surface area contributed by atoms with Crippen molar-refractivity contribution in [2.45, 2.75) is 96.6 Å². The molecule has 1 heterocycles. The fourth-order valence-electron chi connectivity index (χ4n) is 5.93. The summed E-state index contributed by atoms with van der Waals surface area (Å²) in [7, 11) is 1.48. The van der Waals surface area contributed by atoms with E-state index in [0.717, 1.165) is 29.0 Å². The van der Waals surface area contributed by atoms with E-state index in [1.165, 1.54) is 7.11 Å². The molecular weight excluding hydrogens is 796 g/mol. The van der Waals surface area contributed by atoms with Gasteiger partial charge in [0.05, 0.1) is 32.8 Å². The first-order valence-electron chi connectivity index (χ1n) is 19.8. The molecule has 0 amide bonds. The highest BCUT2D eigenvalue weighted by atomic mass is 32.7. The van der Waals surface area contributed by atoms with Crippen LogP contribution >= 0.6 is 20.0 Å². The monoisotopic (exact) mass is 856 g/mol. The first-order valence-corrected chi connectivity index (χ1v) is 25.0. The largest absolute Gasteiger partial charge is 0.497 e. The molecule has 2 unspecified atom stereocenters. The average Bonchev–Trinajstić information content (AvgIpc) is 3.52. The van der Waals surface area contributed by atoms with Crippen LogP contribution in [0.1, 0.15) is 66.0 Å². The molecule has 3 aromatic carbocycles. The highest BCUT2D eigenvalue weighted by Gasteiger charge is 2.45. The second-order valence-electron chi connectivity index (χ2n) is 15.7. The van der Waals surface area contributed by atoms with Gasteiger partial charge in [-0.1, -0.05) is 75.1 Å². The molecule has 1 saturated heterocycles. The molecule has 3 aromatic rings. The van der Waals surface area contributed by atoms with E-state index in [-0.39, 0.29) is 51.7 Å². The van der Waals surface area contributed by atoms with E-state index in [9.17, 15) is 9.59 Å². The molecule has 0 saturated carbocycles. The zero-order chi connectivity index (χ0) is 43.0. The number of hydrogen-bond acceptors (Lipinski definition) is 12. The third kappa shape index (κ3) is 14.9. The lowest BCUT2D eigenvalue weighted by Crippen LogP contribution is -2.37. The molecule has 0 aliphatic carbocycles. The van der Waals surface area contributed by atoms with E-state index >= 15 is 0 Å². The maximum atomic E-state index is 13.9. The van der Waals surface area contributed by atoms with Gasteiger partial charge in [0, 0.05) is 38.8 Å². The summed E-state index contributed by atoms with van der Waals surface area (Å²) in [5.74, 6) is -0.631. The zero-order valence-corrected chi connectivity index (χ0v) is 37.8. The zero-order valence-electron chi connectivity index (χ0n) is 36.0. The van der Waals surface area contributed by atoms with Crippen molar-refractivity contribution in [3.05, 3.63) is 107 Å². The van der Waals surface area contributed by atoms with Crippen molar-refractivity contribution in [1.82, 2.24) is 0 Å². The van der Waals surface area contributed by atoms with Gasteiger partial charge in [-0.15, -0.1) is 0 Å². The summed E-state index contributed by atoms with van der Waals surface area (Å²) < 4.78 is 60.8. The van der Waals surface area contributed by atoms with Gasteiger partial charge in [-0.25, -0.2) is 9.59 Å². The Bertz CT molecular complexity index is 1840. The number of carbonyl (C=O) groups is 2. The molecule has 14 heteroatoms. The Labute approximate surface area is 352 Å². The van der Waals surface area contributed by atoms with Gasteiger partial charge >= 0.3 is 11.9 Å². The third-order valence-corrected chi connectivity index (χ3v) is 11.7. The molecule has 1 aliphatic heterocycles. The third-order valence-electron chi connectivity index (χ3n) is 9.30. The van der Waals surface area contributed by atoms with Crippen molar-refractivity contribution in [2.24, 2.45) is 5.92 Å². The van der Waals surface area contributed by atoms with Crippen LogP contribution in [0.15, 0.2) is 85.0 Å². The minimum atomic E-state index is -1.49. The summed E-state index contributed by atoms with van der Waals surface area (Å²) in [6, 6.07) is 20.6. The van der Waals surface area contributed by atoms with Crippen LogP contribution in [0, 0.1) is 5.92 Å². The van der Waals surface area contributed by atoms with Crippen LogP contribution in [-0.4, -0.2) is 79.1 Å². The Balaban J connectivity index is 1.68. The number of carbonyl (C=O) groups excluding carboxylic acids is 2. The van der Waals surface area contributed by atoms with Gasteiger partial charge in [0.2, 0.25) is 0 Å². The lowest BCUT2D eigenvalue weighted by Gasteiger charge is -2.25. The Morgan fingerprint density at radius 1 is 0.966 bits per heavy atom. The lowest BCUT2D eigenvalue weighted by atomic mass is 9.99. The fourth-order valence-corrected chi connectivity index (χ4v) is 7.43. The van der Waals surface area contributed by atoms with Gasteiger partial charge in [0.15, 0.2) is 12.6 Å². The predicted molar refractivity (Wildman–Crippen MR) is 234 cm³/mol. The van der Waals surface area contributed by atoms with Crippen LogP contribution in [0.3, 0.4) is 0 Å². The van der Waals surface area contributed by atoms with Gasteiger partial charge in [0.1, 0.15) is 41.6 Å². The Kier molecular flexibility index (Phi) is 17.7. The quantitative estimate of drug-likeness (QED) is 0.0226. The molecule has 4 rings (SSSR count). The average molecular weight is 857 g/mol. The van der Waals surface area contributed by atoms with Crippen molar-refractivity contribution in [3.63, 3.8) is 0 Å². The van der Waals surface area contributed by atoms with E-state index in [1.807, 2.05) is 82.3 Å². The van der Waals surface area contributed by atoms with Crippen LogP contribution in [0.5, 0.6) is 17.2 Å². The summed E-state index contributed by atoms with van der Waals surface area (Å²) in [6.45, 7) is 14.7. The van der Waals surface area contributed by atoms with Crippen molar-refractivity contribution in [3.8, 4) is 17.2 Å². The Hall–Kier alpha value is -3.68. The van der Waals surface area contributed by atoms with E-state index in [4.69, 9.17) is 43.4 Å². The predicted octanol–water partition coefficient (Wildman–Crippen LogP) is 9.94. The normalized spacial score (nSPS) is 18.6. The molecule has 316 valence electrons. The van der Waals surface area contributed by atoms with Gasteiger partial charge in [-0.2, -0.15) is 0 Å². The standard InChI is InChI=1S/C44H59O11PSSi/c1-30(31(2)55-57-56)18-23-37(52-42(45)33-14-11-10-12-15-33)41-38(53-44(3,4)54-41)17-13-16-34-26-36(50-28-32-19-21-35(48-6)22-20-32)27-39(51-29-47-5)40(34)43(46)49-24-25-58(7,8)9/h10-16,18-23,26-27,30-31,37-38,41H,17,24-25,28-29,56H2,1-9H3/b16-13+,23-18-/t30-,31+,37?,38+,41-/m1/s1/i56T/t30-,31+,37?,38+,41-,56?. The lowest BCUT2D eigenvalue weighted by molar-refractivity contribution is -0.152.